The van der Waals surface area contributed by atoms with Gasteiger partial charge >= 0.3 is 0 Å². The van der Waals surface area contributed by atoms with E-state index in [0.29, 0.717) is 5.56 Å². The van der Waals surface area contributed by atoms with Crippen molar-refractivity contribution in [2.45, 2.75) is 13.3 Å². The molecule has 0 atom stereocenters. The van der Waals surface area contributed by atoms with E-state index in [1.807, 2.05) is 19.1 Å². The van der Waals surface area contributed by atoms with Gasteiger partial charge in [0.1, 0.15) is 5.82 Å². The number of halogens is 1. The summed E-state index contributed by atoms with van der Waals surface area (Å²) in [4.78, 5) is 11.5. The van der Waals surface area contributed by atoms with Gasteiger partial charge in [0.2, 0.25) is 0 Å². The number of carbonyl (C=O) groups excluding carboxylic acids is 1. The van der Waals surface area contributed by atoms with Crippen LogP contribution in [0.5, 0.6) is 0 Å². The fourth-order valence-corrected chi connectivity index (χ4v) is 1.07. The van der Waals surface area contributed by atoms with Crippen LogP contribution in [0.25, 0.3) is 0 Å². The Kier molecular flexibility index (Phi) is 4.48. The van der Waals surface area contributed by atoms with E-state index in [2.05, 4.69) is 0 Å². The minimum Gasteiger partial charge on any atom is -0.289 e. The van der Waals surface area contributed by atoms with E-state index in [1.54, 1.807) is 6.08 Å². The van der Waals surface area contributed by atoms with Crippen molar-refractivity contribution in [3.63, 3.8) is 0 Å². The standard InChI is InChI=1S/C13H13FO/c1-2-3-4-5-6-13(15)11-7-9-12(14)10-8-11/h3-10H,2H2,1H3/b4-3+,6-5+. The molecule has 78 valence electrons. The molecule has 0 aliphatic heterocycles. The van der Waals surface area contributed by atoms with Gasteiger partial charge in [-0.25, -0.2) is 4.39 Å². The number of allylic oxidation sites excluding steroid dienone is 4. The SMILES string of the molecule is CC/C=C/C=C/C(=O)c1ccc(F)cc1. The Morgan fingerprint density at radius 3 is 2.53 bits per heavy atom. The number of hydrogen-bond acceptors (Lipinski definition) is 1. The fraction of sp³-hybridized carbons (Fsp3) is 0.154. The maximum atomic E-state index is 12.6. The fourth-order valence-electron chi connectivity index (χ4n) is 1.07. The van der Waals surface area contributed by atoms with Crippen LogP contribution in [0, 0.1) is 5.82 Å². The van der Waals surface area contributed by atoms with Crippen LogP contribution in [0.1, 0.15) is 23.7 Å². The molecule has 0 aliphatic rings. The van der Waals surface area contributed by atoms with Gasteiger partial charge in [-0.2, -0.15) is 0 Å². The van der Waals surface area contributed by atoms with Crippen LogP contribution in [0.15, 0.2) is 48.6 Å². The molecule has 0 amide bonds. The van der Waals surface area contributed by atoms with E-state index in [0.717, 1.165) is 6.42 Å². The second kappa shape index (κ2) is 5.91. The molecular weight excluding hydrogens is 191 g/mol. The predicted molar refractivity (Wildman–Crippen MR) is 59.3 cm³/mol. The van der Waals surface area contributed by atoms with Gasteiger partial charge in [0, 0.05) is 5.56 Å². The van der Waals surface area contributed by atoms with Crippen molar-refractivity contribution in [1.82, 2.24) is 0 Å². The van der Waals surface area contributed by atoms with Gasteiger partial charge in [-0.1, -0.05) is 25.2 Å². The number of ketones is 1. The Morgan fingerprint density at radius 2 is 1.93 bits per heavy atom. The van der Waals surface area contributed by atoms with E-state index in [-0.39, 0.29) is 11.6 Å². The molecule has 0 saturated heterocycles. The Hall–Kier alpha value is -1.70. The maximum Gasteiger partial charge on any atom is 0.185 e. The van der Waals surface area contributed by atoms with E-state index < -0.39 is 0 Å². The first-order chi connectivity index (χ1) is 7.24. The summed E-state index contributed by atoms with van der Waals surface area (Å²) in [6.07, 6.45) is 7.87. The molecule has 1 nitrogen and oxygen atoms in total. The van der Waals surface area contributed by atoms with E-state index in [9.17, 15) is 9.18 Å². The average molecular weight is 204 g/mol. The lowest BCUT2D eigenvalue weighted by atomic mass is 10.1. The number of carbonyl (C=O) groups is 1. The average Bonchev–Trinajstić information content (AvgIpc) is 2.25. The third-order valence-corrected chi connectivity index (χ3v) is 1.86. The van der Waals surface area contributed by atoms with Crippen molar-refractivity contribution in [1.29, 1.82) is 0 Å². The largest absolute Gasteiger partial charge is 0.289 e. The molecule has 0 radical (unpaired) electrons. The van der Waals surface area contributed by atoms with Gasteiger partial charge in [-0.3, -0.25) is 4.79 Å². The topological polar surface area (TPSA) is 17.1 Å². The summed E-state index contributed by atoms with van der Waals surface area (Å²) in [5.74, 6) is -0.447. The highest BCUT2D eigenvalue weighted by Crippen LogP contribution is 2.04. The molecule has 2 heteroatoms. The third kappa shape index (κ3) is 3.90. The van der Waals surface area contributed by atoms with Gasteiger partial charge in [0.25, 0.3) is 0 Å². The second-order valence-corrected chi connectivity index (χ2v) is 3.07. The number of benzene rings is 1. The zero-order valence-electron chi connectivity index (χ0n) is 8.61. The minimum atomic E-state index is -0.332. The summed E-state index contributed by atoms with van der Waals surface area (Å²) < 4.78 is 12.6. The van der Waals surface area contributed by atoms with Crippen molar-refractivity contribution in [2.75, 3.05) is 0 Å². The molecule has 0 aliphatic carbocycles. The second-order valence-electron chi connectivity index (χ2n) is 3.07. The Morgan fingerprint density at radius 1 is 1.27 bits per heavy atom. The summed E-state index contributed by atoms with van der Waals surface area (Å²) >= 11 is 0. The summed E-state index contributed by atoms with van der Waals surface area (Å²) in [7, 11) is 0. The van der Waals surface area contributed by atoms with Crippen LogP contribution in [-0.2, 0) is 0 Å². The van der Waals surface area contributed by atoms with Crippen LogP contribution < -0.4 is 0 Å². The molecule has 0 heterocycles. The first-order valence-electron chi connectivity index (χ1n) is 4.87. The summed E-state index contributed by atoms with van der Waals surface area (Å²) in [6, 6.07) is 5.52. The molecular formula is C13H13FO. The van der Waals surface area contributed by atoms with Gasteiger partial charge in [-0.05, 0) is 36.8 Å². The molecule has 15 heavy (non-hydrogen) atoms. The van der Waals surface area contributed by atoms with Crippen molar-refractivity contribution in [2.24, 2.45) is 0 Å². The van der Waals surface area contributed by atoms with E-state index >= 15 is 0 Å². The first-order valence-corrected chi connectivity index (χ1v) is 4.87. The van der Waals surface area contributed by atoms with Gasteiger partial charge < -0.3 is 0 Å². The summed E-state index contributed by atoms with van der Waals surface area (Å²) in [6.45, 7) is 2.02. The van der Waals surface area contributed by atoms with E-state index in [4.69, 9.17) is 0 Å². The Bertz CT molecular complexity index is 374. The highest BCUT2D eigenvalue weighted by molar-refractivity contribution is 6.04. The lowest BCUT2D eigenvalue weighted by molar-refractivity contribution is 0.104. The van der Waals surface area contributed by atoms with Gasteiger partial charge in [0.15, 0.2) is 5.78 Å². The minimum absolute atomic E-state index is 0.115. The molecule has 0 saturated carbocycles. The lowest BCUT2D eigenvalue weighted by Crippen LogP contribution is -1.93. The van der Waals surface area contributed by atoms with E-state index in [1.165, 1.54) is 30.3 Å². The molecule has 1 aromatic rings. The zero-order valence-corrected chi connectivity index (χ0v) is 8.61. The molecule has 0 aromatic heterocycles. The van der Waals surface area contributed by atoms with Gasteiger partial charge in [-0.15, -0.1) is 0 Å². The zero-order chi connectivity index (χ0) is 11.1. The van der Waals surface area contributed by atoms with Crippen molar-refractivity contribution < 1.29 is 9.18 Å². The quantitative estimate of drug-likeness (QED) is 0.416. The van der Waals surface area contributed by atoms with Crippen LogP contribution in [0.2, 0.25) is 0 Å². The monoisotopic (exact) mass is 204 g/mol. The van der Waals surface area contributed by atoms with Crippen molar-refractivity contribution in [3.05, 3.63) is 60.0 Å². The van der Waals surface area contributed by atoms with Crippen LogP contribution >= 0.6 is 0 Å². The van der Waals surface area contributed by atoms with Crippen molar-refractivity contribution in [3.8, 4) is 0 Å². The van der Waals surface area contributed by atoms with Crippen LogP contribution in [0.4, 0.5) is 4.39 Å². The smallest absolute Gasteiger partial charge is 0.185 e. The molecule has 0 bridgehead atoms. The highest BCUT2D eigenvalue weighted by Gasteiger charge is 1.99. The molecule has 0 fully saturated rings. The maximum absolute atomic E-state index is 12.6. The predicted octanol–water partition coefficient (Wildman–Crippen LogP) is 3.53. The van der Waals surface area contributed by atoms with Crippen LogP contribution in [-0.4, -0.2) is 5.78 Å². The lowest BCUT2D eigenvalue weighted by Gasteiger charge is -1.93. The Balaban J connectivity index is 2.65. The Labute approximate surface area is 88.9 Å². The van der Waals surface area contributed by atoms with Crippen LogP contribution in [0.3, 0.4) is 0 Å². The number of hydrogen-bond donors (Lipinski definition) is 0. The molecule has 0 N–H and O–H groups in total. The molecule has 1 rings (SSSR count). The molecule has 0 spiro atoms. The summed E-state index contributed by atoms with van der Waals surface area (Å²) in [5, 5.41) is 0. The highest BCUT2D eigenvalue weighted by atomic mass is 19.1. The molecule has 1 aromatic carbocycles. The number of rotatable bonds is 4. The van der Waals surface area contributed by atoms with Crippen molar-refractivity contribution >= 4 is 5.78 Å². The van der Waals surface area contributed by atoms with Gasteiger partial charge in [0.05, 0.1) is 0 Å². The normalized spacial score (nSPS) is 11.3. The third-order valence-electron chi connectivity index (χ3n) is 1.86. The summed E-state index contributed by atoms with van der Waals surface area (Å²) in [5.41, 5.74) is 0.498. The first kappa shape index (κ1) is 11.4. The molecule has 0 unspecified atom stereocenters.